The number of likely N-dealkylation sites (N-methyl/N-ethyl adjacent to an activating group) is 1. The largest absolute Gasteiger partial charge is 0.370 e. The second-order valence-electron chi connectivity index (χ2n) is 4.60. The van der Waals surface area contributed by atoms with Crippen LogP contribution < -0.4 is 27.8 Å². The van der Waals surface area contributed by atoms with Crippen molar-refractivity contribution in [2.75, 3.05) is 21.1 Å². The zero-order valence-corrected chi connectivity index (χ0v) is 15.4. The highest BCUT2D eigenvalue weighted by atomic mass is 16.5. The van der Waals surface area contributed by atoms with Gasteiger partial charge in [-0.1, -0.05) is 11.2 Å². The zero-order valence-electron chi connectivity index (χ0n) is 15.4. The summed E-state index contributed by atoms with van der Waals surface area (Å²) in [5.74, 6) is -2.05. The average molecular weight is 379 g/mol. The van der Waals surface area contributed by atoms with E-state index in [9.17, 15) is 14.4 Å². The Morgan fingerprint density at radius 1 is 1.15 bits per heavy atom. The van der Waals surface area contributed by atoms with E-state index in [-0.39, 0.29) is 12.2 Å². The first kappa shape index (κ1) is 23.7. The van der Waals surface area contributed by atoms with Crippen molar-refractivity contribution in [2.24, 2.45) is 17.2 Å². The Balaban J connectivity index is 0.00000158. The highest BCUT2D eigenvalue weighted by molar-refractivity contribution is 5.97. The van der Waals surface area contributed by atoms with Crippen molar-refractivity contribution in [3.8, 4) is 11.4 Å². The molecule has 0 saturated carbocycles. The number of hydrogen-bond acceptors (Lipinski definition) is 8. The molecule has 2 rings (SSSR count). The number of rotatable bonds is 6. The lowest BCUT2D eigenvalue weighted by Crippen LogP contribution is -2.47. The summed E-state index contributed by atoms with van der Waals surface area (Å²) in [6.45, 7) is 0. The number of carbonyl (C=O) groups is 3. The van der Waals surface area contributed by atoms with Crippen molar-refractivity contribution in [3.05, 3.63) is 36.2 Å². The van der Waals surface area contributed by atoms with Crippen molar-refractivity contribution in [3.63, 3.8) is 0 Å². The van der Waals surface area contributed by atoms with Gasteiger partial charge in [-0.2, -0.15) is 0 Å². The second kappa shape index (κ2) is 13.0. The van der Waals surface area contributed by atoms with Crippen LogP contribution in [0.2, 0.25) is 0 Å². The van der Waals surface area contributed by atoms with Gasteiger partial charge in [0.15, 0.2) is 0 Å². The first-order chi connectivity index (χ1) is 13.0. The van der Waals surface area contributed by atoms with Crippen LogP contribution in [0, 0.1) is 0 Å². The Labute approximate surface area is 156 Å². The van der Waals surface area contributed by atoms with Gasteiger partial charge in [0.25, 0.3) is 5.91 Å². The van der Waals surface area contributed by atoms with Gasteiger partial charge < -0.3 is 32.4 Å². The van der Waals surface area contributed by atoms with E-state index < -0.39 is 23.8 Å². The minimum Gasteiger partial charge on any atom is -0.370 e. The first-order valence-corrected chi connectivity index (χ1v) is 7.85. The van der Waals surface area contributed by atoms with E-state index in [1.54, 1.807) is 24.4 Å². The Bertz CT molecular complexity index is 719. The molecule has 1 atom stereocenters. The minimum atomic E-state index is -1.09. The molecule has 148 valence electrons. The van der Waals surface area contributed by atoms with Gasteiger partial charge in [0.2, 0.25) is 17.6 Å². The maximum absolute atomic E-state index is 12.1. The van der Waals surface area contributed by atoms with Gasteiger partial charge in [-0.15, -0.1) is 0 Å². The predicted molar refractivity (Wildman–Crippen MR) is 99.1 cm³/mol. The van der Waals surface area contributed by atoms with Crippen LogP contribution in [0.4, 0.5) is 0 Å². The molecule has 3 amide bonds. The molecule has 0 bridgehead atoms. The van der Waals surface area contributed by atoms with Gasteiger partial charge in [0.1, 0.15) is 11.7 Å². The number of pyridine rings is 1. The molecule has 0 unspecified atom stereocenters. The van der Waals surface area contributed by atoms with Crippen molar-refractivity contribution in [1.29, 1.82) is 0 Å². The van der Waals surface area contributed by atoms with Gasteiger partial charge in [-0.05, 0) is 26.2 Å². The van der Waals surface area contributed by atoms with E-state index in [1.807, 2.05) is 0 Å². The van der Waals surface area contributed by atoms with E-state index >= 15 is 0 Å². The summed E-state index contributed by atoms with van der Waals surface area (Å²) in [7, 11) is 4.39. The van der Waals surface area contributed by atoms with Crippen LogP contribution >= 0.6 is 0 Å². The van der Waals surface area contributed by atoms with Gasteiger partial charge >= 0.3 is 0 Å². The molecule has 0 spiro atoms. The van der Waals surface area contributed by atoms with Gasteiger partial charge in [0.05, 0.1) is 12.1 Å². The average Bonchev–Trinajstić information content (AvgIpc) is 3.20. The lowest BCUT2D eigenvalue weighted by atomic mass is 10.1. The van der Waals surface area contributed by atoms with E-state index in [2.05, 4.69) is 32.2 Å². The standard InChI is InChI=1S/C14H15N5O4.2CH5N/c1-16-13(21)10(7-12(15)20)18-14(22)11-6-9(19-23-11)8-4-2-3-5-17-8;2*1-2/h2-6,10H,7H2,1H3,(H2,15,20)(H,16,21)(H,18,22);2*2H2,1H3/t10-;;/m0../s1. The number of amides is 3. The molecular formula is C16H25N7O4. The Morgan fingerprint density at radius 3 is 2.33 bits per heavy atom. The molecule has 2 aromatic heterocycles. The normalized spacial score (nSPS) is 10.3. The molecule has 0 saturated heterocycles. The van der Waals surface area contributed by atoms with Crippen LogP contribution in [0.3, 0.4) is 0 Å². The van der Waals surface area contributed by atoms with Gasteiger partial charge in [-0.3, -0.25) is 19.4 Å². The van der Waals surface area contributed by atoms with Gasteiger partial charge in [-0.25, -0.2) is 0 Å². The SMILES string of the molecule is CN.CN.CNC(=O)[C@H](CC(N)=O)NC(=O)c1cc(-c2ccccn2)no1. The lowest BCUT2D eigenvalue weighted by molar-refractivity contribution is -0.126. The fraction of sp³-hybridized carbons (Fsp3) is 0.312. The first-order valence-electron chi connectivity index (χ1n) is 7.85. The Morgan fingerprint density at radius 2 is 1.81 bits per heavy atom. The van der Waals surface area contributed by atoms with Gasteiger partial charge in [0, 0.05) is 19.3 Å². The fourth-order valence-electron chi connectivity index (χ4n) is 1.83. The highest BCUT2D eigenvalue weighted by Crippen LogP contribution is 2.16. The number of nitrogens with one attached hydrogen (secondary N) is 2. The molecule has 27 heavy (non-hydrogen) atoms. The number of nitrogens with zero attached hydrogens (tertiary/aromatic N) is 2. The maximum Gasteiger partial charge on any atom is 0.290 e. The summed E-state index contributed by atoms with van der Waals surface area (Å²) >= 11 is 0. The van der Waals surface area contributed by atoms with E-state index in [1.165, 1.54) is 27.2 Å². The highest BCUT2D eigenvalue weighted by Gasteiger charge is 2.24. The molecule has 0 radical (unpaired) electrons. The Hall–Kier alpha value is -3.31. The Kier molecular flexibility index (Phi) is 11.4. The topological polar surface area (TPSA) is 192 Å². The number of nitrogens with two attached hydrogens (primary N) is 3. The number of hydrogen-bond donors (Lipinski definition) is 5. The molecule has 0 aliphatic heterocycles. The third-order valence-electron chi connectivity index (χ3n) is 2.93. The zero-order chi connectivity index (χ0) is 20.8. The molecule has 11 nitrogen and oxygen atoms in total. The van der Waals surface area contributed by atoms with E-state index in [0.29, 0.717) is 11.4 Å². The van der Waals surface area contributed by atoms with Crippen LogP contribution in [0.15, 0.2) is 35.0 Å². The number of aromatic nitrogens is 2. The van der Waals surface area contributed by atoms with Crippen molar-refractivity contribution in [1.82, 2.24) is 20.8 Å². The molecule has 0 aliphatic carbocycles. The second-order valence-corrected chi connectivity index (χ2v) is 4.60. The summed E-state index contributed by atoms with van der Waals surface area (Å²) < 4.78 is 4.95. The summed E-state index contributed by atoms with van der Waals surface area (Å²) in [6, 6.07) is 5.52. The summed E-state index contributed by atoms with van der Waals surface area (Å²) in [6.07, 6.45) is 1.25. The molecule has 2 aromatic rings. The quantitative estimate of drug-likeness (QED) is 0.404. The number of primary amides is 1. The summed E-state index contributed by atoms with van der Waals surface area (Å²) in [5, 5.41) is 8.47. The van der Waals surface area contributed by atoms with Crippen LogP contribution in [0.1, 0.15) is 17.0 Å². The molecule has 0 aromatic carbocycles. The smallest absolute Gasteiger partial charge is 0.290 e. The third kappa shape index (κ3) is 7.63. The number of carbonyl (C=O) groups excluding carboxylic acids is 3. The van der Waals surface area contributed by atoms with E-state index in [4.69, 9.17) is 10.3 Å². The van der Waals surface area contributed by atoms with Crippen LogP contribution in [0.25, 0.3) is 11.4 Å². The predicted octanol–water partition coefficient (Wildman–Crippen LogP) is -1.39. The molecule has 2 heterocycles. The van der Waals surface area contributed by atoms with E-state index in [0.717, 1.165) is 0 Å². The lowest BCUT2D eigenvalue weighted by Gasteiger charge is -2.14. The third-order valence-corrected chi connectivity index (χ3v) is 2.93. The van der Waals surface area contributed by atoms with Crippen LogP contribution in [-0.2, 0) is 9.59 Å². The summed E-state index contributed by atoms with van der Waals surface area (Å²) in [4.78, 5) is 38.8. The van der Waals surface area contributed by atoms with Crippen LogP contribution in [-0.4, -0.2) is 55.0 Å². The molecular weight excluding hydrogens is 354 g/mol. The van der Waals surface area contributed by atoms with Crippen LogP contribution in [0.5, 0.6) is 0 Å². The summed E-state index contributed by atoms with van der Waals surface area (Å²) in [5.41, 5.74) is 15.0. The molecule has 0 aliphatic rings. The monoisotopic (exact) mass is 379 g/mol. The van der Waals surface area contributed by atoms with Crippen molar-refractivity contribution >= 4 is 17.7 Å². The molecule has 8 N–H and O–H groups in total. The molecule has 0 fully saturated rings. The fourth-order valence-corrected chi connectivity index (χ4v) is 1.83. The molecule has 11 heteroatoms. The minimum absolute atomic E-state index is 0.107. The maximum atomic E-state index is 12.1. The van der Waals surface area contributed by atoms with Crippen molar-refractivity contribution < 1.29 is 18.9 Å². The van der Waals surface area contributed by atoms with Crippen molar-refractivity contribution in [2.45, 2.75) is 12.5 Å².